The zero-order chi connectivity index (χ0) is 13.8. The normalized spacial score (nSPS) is 16.0. The van der Waals surface area contributed by atoms with Gasteiger partial charge >= 0.3 is 0 Å². The molecule has 0 amide bonds. The summed E-state index contributed by atoms with van der Waals surface area (Å²) in [5.74, 6) is 1.03. The van der Waals surface area contributed by atoms with Crippen LogP contribution in [0, 0.1) is 0 Å². The number of hydrogen-bond donors (Lipinski definition) is 2. The first-order valence-corrected chi connectivity index (χ1v) is 7.47. The number of phenols is 1. The Morgan fingerprint density at radius 3 is 2.30 bits per heavy atom. The highest BCUT2D eigenvalue weighted by atomic mass is 16.3. The zero-order valence-electron chi connectivity index (χ0n) is 11.7. The number of aromatic hydroxyl groups is 1. The molecule has 1 aliphatic carbocycles. The van der Waals surface area contributed by atoms with Crippen molar-refractivity contribution in [1.82, 2.24) is 0 Å². The molecule has 0 atom stereocenters. The molecule has 1 aliphatic rings. The minimum Gasteiger partial charge on any atom is -0.508 e. The molecule has 2 nitrogen and oxygen atoms in total. The lowest BCUT2D eigenvalue weighted by Crippen LogP contribution is -2.04. The molecule has 0 bridgehead atoms. The minimum absolute atomic E-state index is 0.286. The maximum Gasteiger partial charge on any atom is 0.117 e. The number of rotatable bonds is 3. The Bertz CT molecular complexity index is 556. The molecule has 2 N–H and O–H groups in total. The van der Waals surface area contributed by atoms with Gasteiger partial charge in [0.1, 0.15) is 5.75 Å². The molecule has 3 rings (SSSR count). The summed E-state index contributed by atoms with van der Waals surface area (Å²) in [7, 11) is 0. The van der Waals surface area contributed by atoms with Crippen LogP contribution in [0.4, 0.5) is 11.4 Å². The molecule has 0 saturated heterocycles. The topological polar surface area (TPSA) is 32.3 Å². The van der Waals surface area contributed by atoms with Crippen molar-refractivity contribution < 1.29 is 5.11 Å². The molecular weight excluding hydrogens is 246 g/mol. The van der Waals surface area contributed by atoms with E-state index in [1.165, 1.54) is 37.7 Å². The molecule has 0 heterocycles. The van der Waals surface area contributed by atoms with Crippen LogP contribution in [0.3, 0.4) is 0 Å². The van der Waals surface area contributed by atoms with Crippen molar-refractivity contribution in [2.75, 3.05) is 5.32 Å². The van der Waals surface area contributed by atoms with E-state index in [1.54, 1.807) is 12.1 Å². The monoisotopic (exact) mass is 267 g/mol. The molecule has 0 unspecified atom stereocenters. The zero-order valence-corrected chi connectivity index (χ0v) is 11.7. The van der Waals surface area contributed by atoms with Gasteiger partial charge in [-0.15, -0.1) is 0 Å². The van der Waals surface area contributed by atoms with Crippen LogP contribution in [0.1, 0.15) is 43.6 Å². The van der Waals surface area contributed by atoms with Gasteiger partial charge in [0.05, 0.1) is 0 Å². The average molecular weight is 267 g/mol. The SMILES string of the molecule is Oc1cccc(Nc2ccc(C3CCCCC3)cc2)c1. The smallest absolute Gasteiger partial charge is 0.117 e. The Morgan fingerprint density at radius 1 is 0.850 bits per heavy atom. The third-order valence-corrected chi connectivity index (χ3v) is 4.12. The van der Waals surface area contributed by atoms with Crippen molar-refractivity contribution in [2.24, 2.45) is 0 Å². The van der Waals surface area contributed by atoms with Gasteiger partial charge in [0.25, 0.3) is 0 Å². The van der Waals surface area contributed by atoms with Crippen LogP contribution in [0.25, 0.3) is 0 Å². The van der Waals surface area contributed by atoms with Crippen molar-refractivity contribution in [3.63, 3.8) is 0 Å². The third kappa shape index (κ3) is 3.13. The quantitative estimate of drug-likeness (QED) is 0.802. The third-order valence-electron chi connectivity index (χ3n) is 4.12. The minimum atomic E-state index is 0.286. The Kier molecular flexibility index (Phi) is 3.91. The summed E-state index contributed by atoms with van der Waals surface area (Å²) in [5, 5.41) is 12.8. The maximum absolute atomic E-state index is 9.47. The number of benzene rings is 2. The van der Waals surface area contributed by atoms with Crippen LogP contribution < -0.4 is 5.32 Å². The van der Waals surface area contributed by atoms with Crippen LogP contribution in [0.5, 0.6) is 5.75 Å². The average Bonchev–Trinajstić information content (AvgIpc) is 2.49. The predicted molar refractivity (Wildman–Crippen MR) is 83.7 cm³/mol. The van der Waals surface area contributed by atoms with Gasteiger partial charge in [-0.25, -0.2) is 0 Å². The summed E-state index contributed by atoms with van der Waals surface area (Å²) in [4.78, 5) is 0. The molecule has 20 heavy (non-hydrogen) atoms. The van der Waals surface area contributed by atoms with E-state index in [-0.39, 0.29) is 5.75 Å². The van der Waals surface area contributed by atoms with Gasteiger partial charge in [-0.2, -0.15) is 0 Å². The number of phenolic OH excluding ortho intramolecular Hbond substituents is 1. The molecule has 0 aromatic heterocycles. The predicted octanol–water partition coefficient (Wildman–Crippen LogP) is 5.18. The van der Waals surface area contributed by atoms with Crippen molar-refractivity contribution in [3.8, 4) is 5.75 Å². The lowest BCUT2D eigenvalue weighted by molar-refractivity contribution is 0.443. The van der Waals surface area contributed by atoms with Crippen molar-refractivity contribution in [1.29, 1.82) is 0 Å². The van der Waals surface area contributed by atoms with Gasteiger partial charge in [-0.3, -0.25) is 0 Å². The van der Waals surface area contributed by atoms with Gasteiger partial charge in [-0.05, 0) is 48.6 Å². The van der Waals surface area contributed by atoms with Gasteiger partial charge in [0.15, 0.2) is 0 Å². The number of nitrogens with one attached hydrogen (secondary N) is 1. The maximum atomic E-state index is 9.47. The van der Waals surface area contributed by atoms with Crippen LogP contribution in [-0.4, -0.2) is 5.11 Å². The molecule has 2 heteroatoms. The van der Waals surface area contributed by atoms with Gasteiger partial charge in [-0.1, -0.05) is 37.5 Å². The first-order valence-electron chi connectivity index (χ1n) is 7.47. The lowest BCUT2D eigenvalue weighted by Gasteiger charge is -2.22. The molecule has 1 saturated carbocycles. The van der Waals surface area contributed by atoms with E-state index < -0.39 is 0 Å². The standard InChI is InChI=1S/C18H21NO/c20-18-8-4-7-17(13-18)19-16-11-9-15(10-12-16)14-5-2-1-3-6-14/h4,7-14,19-20H,1-3,5-6H2. The van der Waals surface area contributed by atoms with Crippen LogP contribution in [0.2, 0.25) is 0 Å². The van der Waals surface area contributed by atoms with Gasteiger partial charge in [0, 0.05) is 17.4 Å². The fourth-order valence-corrected chi connectivity index (χ4v) is 3.02. The molecule has 2 aromatic rings. The summed E-state index contributed by atoms with van der Waals surface area (Å²) in [6.45, 7) is 0. The van der Waals surface area contributed by atoms with E-state index in [2.05, 4.69) is 29.6 Å². The fraction of sp³-hybridized carbons (Fsp3) is 0.333. The highest BCUT2D eigenvalue weighted by molar-refractivity contribution is 5.61. The fourth-order valence-electron chi connectivity index (χ4n) is 3.02. The van der Waals surface area contributed by atoms with Crippen molar-refractivity contribution in [3.05, 3.63) is 54.1 Å². The molecular formula is C18H21NO. The second-order valence-electron chi connectivity index (χ2n) is 5.63. The van der Waals surface area contributed by atoms with E-state index >= 15 is 0 Å². The van der Waals surface area contributed by atoms with E-state index in [1.807, 2.05) is 12.1 Å². The van der Waals surface area contributed by atoms with E-state index in [0.717, 1.165) is 17.3 Å². The molecule has 0 aliphatic heterocycles. The first-order chi connectivity index (χ1) is 9.81. The van der Waals surface area contributed by atoms with Crippen LogP contribution in [0.15, 0.2) is 48.5 Å². The Morgan fingerprint density at radius 2 is 1.60 bits per heavy atom. The molecule has 0 radical (unpaired) electrons. The summed E-state index contributed by atoms with van der Waals surface area (Å²) < 4.78 is 0. The molecule has 2 aromatic carbocycles. The highest BCUT2D eigenvalue weighted by Gasteiger charge is 2.14. The van der Waals surface area contributed by atoms with E-state index in [0.29, 0.717) is 0 Å². The highest BCUT2D eigenvalue weighted by Crippen LogP contribution is 2.33. The Labute approximate surface area is 120 Å². The van der Waals surface area contributed by atoms with Crippen LogP contribution in [-0.2, 0) is 0 Å². The number of hydrogen-bond acceptors (Lipinski definition) is 2. The second kappa shape index (κ2) is 6.00. The largest absolute Gasteiger partial charge is 0.508 e. The Hall–Kier alpha value is -1.96. The summed E-state index contributed by atoms with van der Waals surface area (Å²) in [6.07, 6.45) is 6.80. The van der Waals surface area contributed by atoms with Gasteiger partial charge in [0.2, 0.25) is 0 Å². The van der Waals surface area contributed by atoms with Crippen LogP contribution >= 0.6 is 0 Å². The van der Waals surface area contributed by atoms with Gasteiger partial charge < -0.3 is 10.4 Å². The lowest BCUT2D eigenvalue weighted by atomic mass is 9.84. The van der Waals surface area contributed by atoms with Crippen molar-refractivity contribution >= 4 is 11.4 Å². The molecule has 104 valence electrons. The molecule has 1 fully saturated rings. The van der Waals surface area contributed by atoms with E-state index in [9.17, 15) is 5.11 Å². The second-order valence-corrected chi connectivity index (χ2v) is 5.63. The molecule has 0 spiro atoms. The van der Waals surface area contributed by atoms with Crippen molar-refractivity contribution in [2.45, 2.75) is 38.0 Å². The summed E-state index contributed by atoms with van der Waals surface area (Å²) >= 11 is 0. The van der Waals surface area contributed by atoms with E-state index in [4.69, 9.17) is 0 Å². The summed E-state index contributed by atoms with van der Waals surface area (Å²) in [5.41, 5.74) is 3.44. The first kappa shape index (κ1) is 13.0. The number of anilines is 2. The summed E-state index contributed by atoms with van der Waals surface area (Å²) in [6, 6.07) is 15.9. The Balaban J connectivity index is 1.69.